The lowest BCUT2D eigenvalue weighted by atomic mass is 9.83. The predicted octanol–water partition coefficient (Wildman–Crippen LogP) is 2.51. The number of halogens is 1. The standard InChI is InChI=1S/C10H20FN/c1-10(2,3)9(11)8-6-4-5-7-12-8/h8-9,12H,4-7H2,1-3H3. The molecule has 1 N–H and O–H groups in total. The molecule has 0 amide bonds. The van der Waals surface area contributed by atoms with E-state index >= 15 is 0 Å². The zero-order chi connectivity index (χ0) is 9.19. The molecule has 0 bridgehead atoms. The van der Waals surface area contributed by atoms with Crippen molar-refractivity contribution in [3.63, 3.8) is 0 Å². The van der Waals surface area contributed by atoms with Crippen molar-refractivity contribution in [2.75, 3.05) is 6.54 Å². The van der Waals surface area contributed by atoms with E-state index in [0.29, 0.717) is 0 Å². The summed E-state index contributed by atoms with van der Waals surface area (Å²) in [5.41, 5.74) is -0.213. The SMILES string of the molecule is CC(C)(C)C(F)C1CCCCN1. The van der Waals surface area contributed by atoms with Gasteiger partial charge in [0, 0.05) is 6.04 Å². The van der Waals surface area contributed by atoms with Crippen LogP contribution in [0.4, 0.5) is 4.39 Å². The van der Waals surface area contributed by atoms with Gasteiger partial charge in [-0.2, -0.15) is 0 Å². The second-order valence-electron chi connectivity index (χ2n) is 4.82. The van der Waals surface area contributed by atoms with Gasteiger partial charge in [0.05, 0.1) is 0 Å². The van der Waals surface area contributed by atoms with E-state index in [0.717, 1.165) is 13.0 Å². The maximum Gasteiger partial charge on any atom is 0.120 e. The van der Waals surface area contributed by atoms with Crippen molar-refractivity contribution in [1.82, 2.24) is 5.32 Å². The minimum Gasteiger partial charge on any atom is -0.311 e. The Kier molecular flexibility index (Phi) is 3.10. The molecule has 72 valence electrons. The fourth-order valence-electron chi connectivity index (χ4n) is 1.73. The number of hydrogen-bond acceptors (Lipinski definition) is 1. The second kappa shape index (κ2) is 3.73. The van der Waals surface area contributed by atoms with E-state index in [-0.39, 0.29) is 11.5 Å². The highest BCUT2D eigenvalue weighted by molar-refractivity contribution is 4.87. The molecule has 1 aliphatic heterocycles. The lowest BCUT2D eigenvalue weighted by molar-refractivity contribution is 0.103. The van der Waals surface area contributed by atoms with E-state index in [2.05, 4.69) is 5.32 Å². The Labute approximate surface area is 74.7 Å². The van der Waals surface area contributed by atoms with E-state index in [1.54, 1.807) is 0 Å². The first-order valence-electron chi connectivity index (χ1n) is 4.89. The van der Waals surface area contributed by atoms with Gasteiger partial charge in [0.2, 0.25) is 0 Å². The fraction of sp³-hybridized carbons (Fsp3) is 1.00. The summed E-state index contributed by atoms with van der Waals surface area (Å²) in [6.07, 6.45) is 2.66. The zero-order valence-electron chi connectivity index (χ0n) is 8.36. The Morgan fingerprint density at radius 2 is 2.00 bits per heavy atom. The Balaban J connectivity index is 2.45. The number of rotatable bonds is 1. The van der Waals surface area contributed by atoms with Gasteiger partial charge in [-0.1, -0.05) is 27.2 Å². The molecule has 1 nitrogen and oxygen atoms in total. The second-order valence-corrected chi connectivity index (χ2v) is 4.82. The molecule has 0 aromatic rings. The van der Waals surface area contributed by atoms with Crippen LogP contribution in [0.5, 0.6) is 0 Å². The van der Waals surface area contributed by atoms with Crippen molar-refractivity contribution in [2.24, 2.45) is 5.41 Å². The van der Waals surface area contributed by atoms with Crippen LogP contribution < -0.4 is 5.32 Å². The summed E-state index contributed by atoms with van der Waals surface area (Å²) < 4.78 is 13.7. The number of nitrogens with one attached hydrogen (secondary N) is 1. The molecule has 1 fully saturated rings. The molecule has 0 aliphatic carbocycles. The Hall–Kier alpha value is -0.110. The van der Waals surface area contributed by atoms with Gasteiger partial charge in [0.1, 0.15) is 6.17 Å². The van der Waals surface area contributed by atoms with Gasteiger partial charge < -0.3 is 5.32 Å². The smallest absolute Gasteiger partial charge is 0.120 e. The van der Waals surface area contributed by atoms with Crippen LogP contribution in [0.3, 0.4) is 0 Å². The maximum absolute atomic E-state index is 13.7. The number of alkyl halides is 1. The summed E-state index contributed by atoms with van der Waals surface area (Å²) in [6, 6.07) is 0.0961. The topological polar surface area (TPSA) is 12.0 Å². The van der Waals surface area contributed by atoms with E-state index in [1.165, 1.54) is 12.8 Å². The molecule has 1 saturated heterocycles. The van der Waals surface area contributed by atoms with Crippen molar-refractivity contribution in [2.45, 2.75) is 52.2 Å². The Morgan fingerprint density at radius 1 is 1.33 bits per heavy atom. The number of piperidine rings is 1. The Bertz CT molecular complexity index is 133. The van der Waals surface area contributed by atoms with E-state index < -0.39 is 6.17 Å². The summed E-state index contributed by atoms with van der Waals surface area (Å²) in [5.74, 6) is 0. The first-order valence-corrected chi connectivity index (χ1v) is 4.89. The first kappa shape index (κ1) is 9.97. The highest BCUT2D eigenvalue weighted by atomic mass is 19.1. The van der Waals surface area contributed by atoms with Crippen LogP contribution in [-0.2, 0) is 0 Å². The summed E-state index contributed by atoms with van der Waals surface area (Å²) in [4.78, 5) is 0. The predicted molar refractivity (Wildman–Crippen MR) is 50.0 cm³/mol. The third kappa shape index (κ3) is 2.44. The van der Waals surface area contributed by atoms with Crippen molar-refractivity contribution >= 4 is 0 Å². The molecule has 0 aromatic heterocycles. The lowest BCUT2D eigenvalue weighted by Gasteiger charge is -2.34. The molecule has 0 spiro atoms. The highest BCUT2D eigenvalue weighted by Gasteiger charge is 2.32. The average molecular weight is 173 g/mol. The molecular weight excluding hydrogens is 153 g/mol. The van der Waals surface area contributed by atoms with Gasteiger partial charge in [-0.15, -0.1) is 0 Å². The summed E-state index contributed by atoms with van der Waals surface area (Å²) in [7, 11) is 0. The first-order chi connectivity index (χ1) is 5.52. The lowest BCUT2D eigenvalue weighted by Crippen LogP contribution is -2.46. The largest absolute Gasteiger partial charge is 0.311 e. The van der Waals surface area contributed by atoms with Crippen LogP contribution in [0.1, 0.15) is 40.0 Å². The number of hydrogen-bond donors (Lipinski definition) is 1. The van der Waals surface area contributed by atoms with Crippen molar-refractivity contribution < 1.29 is 4.39 Å². The minimum atomic E-state index is -0.710. The molecule has 0 aromatic carbocycles. The van der Waals surface area contributed by atoms with Gasteiger partial charge in [-0.3, -0.25) is 0 Å². The summed E-state index contributed by atoms with van der Waals surface area (Å²) in [5, 5.41) is 3.25. The van der Waals surface area contributed by atoms with Crippen LogP contribution in [0.2, 0.25) is 0 Å². The third-order valence-corrected chi connectivity index (χ3v) is 2.53. The highest BCUT2D eigenvalue weighted by Crippen LogP contribution is 2.28. The molecule has 12 heavy (non-hydrogen) atoms. The van der Waals surface area contributed by atoms with Gasteiger partial charge in [0.15, 0.2) is 0 Å². The quantitative estimate of drug-likeness (QED) is 0.642. The molecular formula is C10H20FN. The van der Waals surface area contributed by atoms with Crippen molar-refractivity contribution in [1.29, 1.82) is 0 Å². The molecule has 1 rings (SSSR count). The van der Waals surface area contributed by atoms with Crippen molar-refractivity contribution in [3.05, 3.63) is 0 Å². The van der Waals surface area contributed by atoms with Crippen molar-refractivity contribution in [3.8, 4) is 0 Å². The molecule has 1 aliphatic rings. The van der Waals surface area contributed by atoms with Gasteiger partial charge in [0.25, 0.3) is 0 Å². The monoisotopic (exact) mass is 173 g/mol. The maximum atomic E-state index is 13.7. The molecule has 2 heteroatoms. The van der Waals surface area contributed by atoms with Gasteiger partial charge in [-0.05, 0) is 24.8 Å². The Morgan fingerprint density at radius 3 is 2.42 bits per heavy atom. The summed E-state index contributed by atoms with van der Waals surface area (Å²) >= 11 is 0. The normalized spacial score (nSPS) is 28.5. The van der Waals surface area contributed by atoms with Gasteiger partial charge >= 0.3 is 0 Å². The van der Waals surface area contributed by atoms with Crippen LogP contribution in [0.15, 0.2) is 0 Å². The molecule has 1 heterocycles. The van der Waals surface area contributed by atoms with Crippen LogP contribution in [0, 0.1) is 5.41 Å². The molecule has 0 saturated carbocycles. The third-order valence-electron chi connectivity index (χ3n) is 2.53. The average Bonchev–Trinajstić information content (AvgIpc) is 2.03. The van der Waals surface area contributed by atoms with Crippen LogP contribution in [0.25, 0.3) is 0 Å². The van der Waals surface area contributed by atoms with Crippen LogP contribution >= 0.6 is 0 Å². The van der Waals surface area contributed by atoms with E-state index in [1.807, 2.05) is 20.8 Å². The summed E-state index contributed by atoms with van der Waals surface area (Å²) in [6.45, 7) is 6.89. The van der Waals surface area contributed by atoms with Gasteiger partial charge in [-0.25, -0.2) is 4.39 Å². The fourth-order valence-corrected chi connectivity index (χ4v) is 1.73. The van der Waals surface area contributed by atoms with Crippen LogP contribution in [-0.4, -0.2) is 18.8 Å². The molecule has 2 atom stereocenters. The molecule has 0 radical (unpaired) electrons. The van der Waals surface area contributed by atoms with E-state index in [9.17, 15) is 4.39 Å². The zero-order valence-corrected chi connectivity index (χ0v) is 8.36. The van der Waals surface area contributed by atoms with E-state index in [4.69, 9.17) is 0 Å². The minimum absolute atomic E-state index is 0.0961. The molecule has 2 unspecified atom stereocenters.